The molecule has 5 nitrogen and oxygen atoms in total. The number of nitrogens with zero attached hydrogens (tertiary/aromatic N) is 2. The van der Waals surface area contributed by atoms with E-state index in [1.807, 2.05) is 6.07 Å². The van der Waals surface area contributed by atoms with Crippen molar-refractivity contribution in [2.75, 3.05) is 33.3 Å². The van der Waals surface area contributed by atoms with E-state index in [0.29, 0.717) is 18.3 Å². The quantitative estimate of drug-likeness (QED) is 0.329. The van der Waals surface area contributed by atoms with Gasteiger partial charge in [0.05, 0.1) is 0 Å². The van der Waals surface area contributed by atoms with Crippen molar-refractivity contribution in [3.8, 4) is 5.75 Å². The van der Waals surface area contributed by atoms with E-state index in [0.717, 1.165) is 37.5 Å². The summed E-state index contributed by atoms with van der Waals surface area (Å²) in [6, 6.07) is 7.61. The second-order valence-electron chi connectivity index (χ2n) is 6.54. The fraction of sp³-hybridized carbons (Fsp3) is 0.632. The van der Waals surface area contributed by atoms with Crippen LogP contribution < -0.4 is 15.4 Å². The van der Waals surface area contributed by atoms with Crippen LogP contribution in [0.15, 0.2) is 29.3 Å². The van der Waals surface area contributed by atoms with Gasteiger partial charge in [0.2, 0.25) is 0 Å². The van der Waals surface area contributed by atoms with E-state index >= 15 is 0 Å². The van der Waals surface area contributed by atoms with Crippen LogP contribution in [0.3, 0.4) is 0 Å². The molecule has 1 heterocycles. The molecule has 2 N–H and O–H groups in total. The number of halogens is 3. The highest BCUT2D eigenvalue weighted by Crippen LogP contribution is 2.14. The normalized spacial score (nSPS) is 16.1. The SMILES string of the molecule is CCCN1CCC(NC(=NC)NCc2cccc(OCC(F)F)c2)CC1.I. The zero-order chi connectivity index (χ0) is 18.8. The summed E-state index contributed by atoms with van der Waals surface area (Å²) in [5.41, 5.74) is 0.956. The fourth-order valence-electron chi connectivity index (χ4n) is 3.10. The van der Waals surface area contributed by atoms with Gasteiger partial charge in [0.15, 0.2) is 5.96 Å². The Bertz CT molecular complexity index is 566. The van der Waals surface area contributed by atoms with Crippen LogP contribution >= 0.6 is 24.0 Å². The van der Waals surface area contributed by atoms with Gasteiger partial charge in [0, 0.05) is 32.7 Å². The van der Waals surface area contributed by atoms with E-state index in [2.05, 4.69) is 27.4 Å². The first kappa shape index (κ1) is 23.9. The number of hydrogen-bond donors (Lipinski definition) is 2. The number of nitrogens with one attached hydrogen (secondary N) is 2. The molecule has 2 rings (SSSR count). The molecule has 0 saturated carbocycles. The summed E-state index contributed by atoms with van der Waals surface area (Å²) >= 11 is 0. The number of guanidine groups is 1. The maximum atomic E-state index is 12.2. The Labute approximate surface area is 178 Å². The van der Waals surface area contributed by atoms with Crippen LogP contribution in [-0.4, -0.2) is 56.6 Å². The average molecular weight is 496 g/mol. The van der Waals surface area contributed by atoms with E-state index in [4.69, 9.17) is 4.74 Å². The highest BCUT2D eigenvalue weighted by molar-refractivity contribution is 14.0. The molecule has 1 saturated heterocycles. The molecule has 154 valence electrons. The Balaban J connectivity index is 0.00000364. The van der Waals surface area contributed by atoms with Crippen molar-refractivity contribution in [3.63, 3.8) is 0 Å². The van der Waals surface area contributed by atoms with Crippen molar-refractivity contribution >= 4 is 29.9 Å². The van der Waals surface area contributed by atoms with Crippen molar-refractivity contribution in [2.45, 2.75) is 45.2 Å². The highest BCUT2D eigenvalue weighted by atomic mass is 127. The number of benzene rings is 1. The molecule has 1 aliphatic heterocycles. The summed E-state index contributed by atoms with van der Waals surface area (Å²) in [7, 11) is 1.75. The largest absolute Gasteiger partial charge is 0.488 e. The van der Waals surface area contributed by atoms with Gasteiger partial charge < -0.3 is 20.3 Å². The van der Waals surface area contributed by atoms with Gasteiger partial charge in [-0.15, -0.1) is 24.0 Å². The Kier molecular flexibility index (Phi) is 11.6. The molecule has 0 aromatic heterocycles. The highest BCUT2D eigenvalue weighted by Gasteiger charge is 2.19. The minimum Gasteiger partial charge on any atom is -0.488 e. The molecule has 0 radical (unpaired) electrons. The molecule has 0 atom stereocenters. The third-order valence-corrected chi connectivity index (χ3v) is 4.43. The molecule has 1 aromatic carbocycles. The molecule has 1 aromatic rings. The van der Waals surface area contributed by atoms with Crippen LogP contribution in [0.25, 0.3) is 0 Å². The number of hydrogen-bond acceptors (Lipinski definition) is 3. The van der Waals surface area contributed by atoms with Crippen molar-refractivity contribution in [3.05, 3.63) is 29.8 Å². The summed E-state index contributed by atoms with van der Waals surface area (Å²) < 4.78 is 29.6. The van der Waals surface area contributed by atoms with Crippen molar-refractivity contribution in [1.82, 2.24) is 15.5 Å². The summed E-state index contributed by atoms with van der Waals surface area (Å²) in [4.78, 5) is 6.78. The zero-order valence-corrected chi connectivity index (χ0v) is 18.4. The van der Waals surface area contributed by atoms with Gasteiger partial charge in [0.1, 0.15) is 12.4 Å². The third-order valence-electron chi connectivity index (χ3n) is 4.43. The lowest BCUT2D eigenvalue weighted by molar-refractivity contribution is 0.0818. The second kappa shape index (κ2) is 13.1. The number of alkyl halides is 2. The van der Waals surface area contributed by atoms with Gasteiger partial charge in [-0.3, -0.25) is 4.99 Å². The standard InChI is InChI=1S/C19H30F2N4O.HI/c1-3-9-25-10-7-16(8-11-25)24-19(22-2)23-13-15-5-4-6-17(12-15)26-14-18(20)21;/h4-6,12,16,18H,3,7-11,13-14H2,1-2H3,(H2,22,23,24);1H. The van der Waals surface area contributed by atoms with Gasteiger partial charge in [0.25, 0.3) is 6.43 Å². The summed E-state index contributed by atoms with van der Waals surface area (Å²) in [6.45, 7) is 5.59. The molecule has 1 aliphatic rings. The fourth-order valence-corrected chi connectivity index (χ4v) is 3.10. The molecular formula is C19H31F2IN4O. The molecule has 0 amide bonds. The van der Waals surface area contributed by atoms with E-state index in [9.17, 15) is 8.78 Å². The first-order chi connectivity index (χ1) is 12.6. The van der Waals surface area contributed by atoms with Crippen LogP contribution in [0.1, 0.15) is 31.7 Å². The van der Waals surface area contributed by atoms with Gasteiger partial charge in [-0.2, -0.15) is 0 Å². The van der Waals surface area contributed by atoms with E-state index < -0.39 is 13.0 Å². The summed E-state index contributed by atoms with van der Waals surface area (Å²) in [5, 5.41) is 6.76. The maximum Gasteiger partial charge on any atom is 0.272 e. The molecule has 8 heteroatoms. The number of likely N-dealkylation sites (tertiary alicyclic amines) is 1. The number of piperidine rings is 1. The molecule has 0 bridgehead atoms. The molecule has 27 heavy (non-hydrogen) atoms. The zero-order valence-electron chi connectivity index (χ0n) is 16.1. The molecule has 0 unspecified atom stereocenters. The second-order valence-corrected chi connectivity index (χ2v) is 6.54. The van der Waals surface area contributed by atoms with Gasteiger partial charge in [-0.25, -0.2) is 8.78 Å². The monoisotopic (exact) mass is 496 g/mol. The topological polar surface area (TPSA) is 48.9 Å². The maximum absolute atomic E-state index is 12.2. The van der Waals surface area contributed by atoms with Crippen molar-refractivity contribution in [1.29, 1.82) is 0 Å². The first-order valence-electron chi connectivity index (χ1n) is 9.30. The average Bonchev–Trinajstić information content (AvgIpc) is 2.65. The van der Waals surface area contributed by atoms with Crippen LogP contribution in [0.5, 0.6) is 5.75 Å². The van der Waals surface area contributed by atoms with Gasteiger partial charge >= 0.3 is 0 Å². The Hall–Kier alpha value is -1.16. The first-order valence-corrected chi connectivity index (χ1v) is 9.30. The van der Waals surface area contributed by atoms with Gasteiger partial charge in [-0.05, 0) is 43.5 Å². The predicted octanol–water partition coefficient (Wildman–Crippen LogP) is 3.49. The van der Waals surface area contributed by atoms with Crippen LogP contribution in [0.2, 0.25) is 0 Å². The van der Waals surface area contributed by atoms with Crippen LogP contribution in [0.4, 0.5) is 8.78 Å². The van der Waals surface area contributed by atoms with Crippen molar-refractivity contribution in [2.24, 2.45) is 4.99 Å². The molecular weight excluding hydrogens is 465 g/mol. The Morgan fingerprint density at radius 3 is 2.70 bits per heavy atom. The molecule has 0 spiro atoms. The minimum absolute atomic E-state index is 0. The summed E-state index contributed by atoms with van der Waals surface area (Å²) in [6.07, 6.45) is 0.944. The Morgan fingerprint density at radius 2 is 2.07 bits per heavy atom. The lowest BCUT2D eigenvalue weighted by Gasteiger charge is -2.32. The number of ether oxygens (including phenoxy) is 1. The van der Waals surface area contributed by atoms with Crippen LogP contribution in [0, 0.1) is 0 Å². The van der Waals surface area contributed by atoms with E-state index in [-0.39, 0.29) is 24.0 Å². The van der Waals surface area contributed by atoms with Gasteiger partial charge in [-0.1, -0.05) is 19.1 Å². The van der Waals surface area contributed by atoms with Crippen molar-refractivity contribution < 1.29 is 13.5 Å². The number of aliphatic imine (C=N–C) groups is 1. The molecule has 1 fully saturated rings. The molecule has 0 aliphatic carbocycles. The van der Waals surface area contributed by atoms with Crippen LogP contribution in [-0.2, 0) is 6.54 Å². The minimum atomic E-state index is -2.47. The lowest BCUT2D eigenvalue weighted by Crippen LogP contribution is -2.48. The predicted molar refractivity (Wildman–Crippen MR) is 116 cm³/mol. The Morgan fingerprint density at radius 1 is 1.33 bits per heavy atom. The van der Waals surface area contributed by atoms with E-state index in [1.54, 1.807) is 25.2 Å². The summed E-state index contributed by atoms with van der Waals surface area (Å²) in [5.74, 6) is 1.22. The lowest BCUT2D eigenvalue weighted by atomic mass is 10.1. The number of rotatable bonds is 8. The smallest absolute Gasteiger partial charge is 0.272 e. The van der Waals surface area contributed by atoms with E-state index in [1.165, 1.54) is 13.0 Å². The third kappa shape index (κ3) is 9.05.